The number of hydrogen-bond donors (Lipinski definition) is 0. The van der Waals surface area contributed by atoms with E-state index in [1.54, 1.807) is 0 Å². The largest absolute Gasteiger partial charge is 0.455 e. The van der Waals surface area contributed by atoms with Crippen LogP contribution in [-0.2, 0) is 0 Å². The molecular formula is C48H32N2O. The molecule has 0 unspecified atom stereocenters. The van der Waals surface area contributed by atoms with Gasteiger partial charge in [-0.1, -0.05) is 133 Å². The number of furan rings is 1. The van der Waals surface area contributed by atoms with E-state index in [1.165, 1.54) is 0 Å². The molecule has 0 saturated carbocycles. The van der Waals surface area contributed by atoms with E-state index >= 15 is 0 Å². The van der Waals surface area contributed by atoms with E-state index in [9.17, 15) is 17.8 Å². The molecule has 3 heteroatoms. The van der Waals surface area contributed by atoms with Crippen molar-refractivity contribution in [1.29, 1.82) is 0 Å². The lowest BCUT2D eigenvalue weighted by molar-refractivity contribution is 0.670. The molecule has 0 saturated heterocycles. The van der Waals surface area contributed by atoms with Gasteiger partial charge in [-0.2, -0.15) is 0 Å². The fraction of sp³-hybridized carbons (Fsp3) is 0. The molecule has 0 fully saturated rings. The molecule has 0 N–H and O–H groups in total. The van der Waals surface area contributed by atoms with E-state index in [-0.39, 0.29) is 0 Å². The highest BCUT2D eigenvalue weighted by molar-refractivity contribution is 6.13. The smallest absolute Gasteiger partial charge is 0.143 e. The number of para-hydroxylation sites is 5. The van der Waals surface area contributed by atoms with E-state index in [0.29, 0.717) is 9.47 Å². The molecule has 0 bridgehead atoms. The van der Waals surface area contributed by atoms with Gasteiger partial charge in [0, 0.05) is 49.7 Å². The minimum absolute atomic E-state index is 0.309. The quantitative estimate of drug-likeness (QED) is 0.174. The maximum Gasteiger partial charge on any atom is 0.143 e. The number of fused-ring (bicyclic) bond motifs is 6. The van der Waals surface area contributed by atoms with Gasteiger partial charge in [-0.25, -0.2) is 0 Å². The van der Waals surface area contributed by atoms with Crippen molar-refractivity contribution in [2.45, 2.75) is 0 Å². The van der Waals surface area contributed by atoms with Crippen molar-refractivity contribution < 1.29 is 48.3 Å². The number of aromatic nitrogens is 1. The lowest BCUT2D eigenvalue weighted by Crippen LogP contribution is -2.10. The topological polar surface area (TPSA) is 21.3 Å². The Balaban J connectivity index is 1.53. The number of rotatable bonds is 6. The molecule has 10 rings (SSSR count). The summed E-state index contributed by atoms with van der Waals surface area (Å²) in [6.45, 7) is 0. The van der Waals surface area contributed by atoms with Crippen molar-refractivity contribution in [2.24, 2.45) is 0 Å². The van der Waals surface area contributed by atoms with Crippen LogP contribution in [0.5, 0.6) is 0 Å². The van der Waals surface area contributed by atoms with Crippen LogP contribution >= 0.6 is 0 Å². The first-order valence-electron chi connectivity index (χ1n) is 30.7. The molecule has 2 heterocycles. The molecule has 240 valence electrons. The van der Waals surface area contributed by atoms with Gasteiger partial charge >= 0.3 is 0 Å². The third kappa shape index (κ3) is 4.82. The predicted octanol–water partition coefficient (Wildman–Crippen LogP) is 13.5. The Bertz CT molecular complexity index is 4550. The van der Waals surface area contributed by atoms with Crippen molar-refractivity contribution in [3.63, 3.8) is 0 Å². The van der Waals surface area contributed by atoms with Gasteiger partial charge in [0.15, 0.2) is 0 Å². The second-order valence-electron chi connectivity index (χ2n) is 10.5. The zero-order chi connectivity index (χ0) is 61.6. The summed E-state index contributed by atoms with van der Waals surface area (Å²) in [5.74, 6) is 0. The summed E-state index contributed by atoms with van der Waals surface area (Å²) in [4.78, 5) is 0.309. The van der Waals surface area contributed by atoms with Crippen molar-refractivity contribution in [2.75, 3.05) is 4.90 Å². The molecule has 3 nitrogen and oxygen atoms in total. The third-order valence-electron chi connectivity index (χ3n) is 7.74. The molecule has 0 amide bonds. The minimum Gasteiger partial charge on any atom is -0.455 e. The standard InChI is InChI=1S/C48H32N2O/c1-3-15-33(16-4-1)34-27-29-36(30-28-34)49(35-17-5-2-6-18-35)37-31-42(48-43(32-37)41-22-10-14-26-47(41)51-48)40-21-9-13-25-46(40)50-44-23-11-7-19-38(44)39-20-8-12-24-45(39)50/h1-32H/i1D,2D,3D,4D,5D,6D,7D,8D,9D,10D,11D,12D,13D,14D,15D,16D,17D,18D,19D,20D,21D,22D,23D,24D,25D,26D,27D,28D,29D,30D,31D,32D. The van der Waals surface area contributed by atoms with Gasteiger partial charge in [0.25, 0.3) is 0 Å². The van der Waals surface area contributed by atoms with Crippen LogP contribution in [0.1, 0.15) is 43.9 Å². The fourth-order valence-corrected chi connectivity index (χ4v) is 5.64. The molecule has 0 atom stereocenters. The van der Waals surface area contributed by atoms with Crippen LogP contribution in [0.15, 0.2) is 198 Å². The Kier molecular flexibility index (Phi) is 2.66. The Morgan fingerprint density at radius 3 is 1.69 bits per heavy atom. The summed E-state index contributed by atoms with van der Waals surface area (Å²) in [5, 5.41) is -2.77. The van der Waals surface area contributed by atoms with Crippen LogP contribution in [0.25, 0.3) is 71.7 Å². The summed E-state index contributed by atoms with van der Waals surface area (Å²) in [5.41, 5.74) is -11.6. The summed E-state index contributed by atoms with van der Waals surface area (Å²) < 4.78 is 296. The number of nitrogens with zero attached hydrogens (tertiary/aromatic N) is 2. The van der Waals surface area contributed by atoms with E-state index in [0.717, 1.165) is 0 Å². The van der Waals surface area contributed by atoms with Gasteiger partial charge < -0.3 is 13.9 Å². The first kappa shape index (κ1) is 11.3. The van der Waals surface area contributed by atoms with Crippen LogP contribution in [0.4, 0.5) is 17.1 Å². The molecule has 0 spiro atoms. The van der Waals surface area contributed by atoms with E-state index in [1.807, 2.05) is 0 Å². The van der Waals surface area contributed by atoms with Crippen LogP contribution in [-0.4, -0.2) is 4.57 Å². The number of anilines is 3. The molecule has 0 aliphatic rings. The zero-order valence-corrected chi connectivity index (χ0v) is 25.3. The lowest BCUT2D eigenvalue weighted by atomic mass is 9.98. The molecule has 10 aromatic rings. The predicted molar refractivity (Wildman–Crippen MR) is 214 cm³/mol. The van der Waals surface area contributed by atoms with Gasteiger partial charge in [-0.05, 0) is 71.6 Å². The molecular weight excluding hydrogens is 621 g/mol. The lowest BCUT2D eigenvalue weighted by Gasteiger charge is -2.26. The van der Waals surface area contributed by atoms with Crippen LogP contribution in [0.3, 0.4) is 0 Å². The fourth-order valence-electron chi connectivity index (χ4n) is 5.64. The van der Waals surface area contributed by atoms with Gasteiger partial charge in [-0.15, -0.1) is 0 Å². The van der Waals surface area contributed by atoms with Crippen molar-refractivity contribution in [3.8, 4) is 27.9 Å². The highest BCUT2D eigenvalue weighted by Crippen LogP contribution is 2.45. The summed E-state index contributed by atoms with van der Waals surface area (Å²) in [6.07, 6.45) is 0. The highest BCUT2D eigenvalue weighted by atomic mass is 16.3. The maximum absolute atomic E-state index is 10.4. The van der Waals surface area contributed by atoms with Crippen LogP contribution in [0.2, 0.25) is 0 Å². The molecule has 0 aliphatic carbocycles. The minimum atomic E-state index is -1.34. The molecule has 0 aliphatic heterocycles. The van der Waals surface area contributed by atoms with E-state index in [4.69, 9.17) is 30.5 Å². The molecule has 51 heavy (non-hydrogen) atoms. The average Bonchev–Trinajstić information content (AvgIpc) is 3.88. The molecule has 8 aromatic carbocycles. The van der Waals surface area contributed by atoms with Crippen LogP contribution < -0.4 is 4.90 Å². The van der Waals surface area contributed by atoms with Gasteiger partial charge in [0.05, 0.1) is 60.6 Å². The van der Waals surface area contributed by atoms with Gasteiger partial charge in [-0.3, -0.25) is 0 Å². The normalized spacial score (nSPS) is 20.3. The summed E-state index contributed by atoms with van der Waals surface area (Å²) in [6, 6.07) is -34.4. The second kappa shape index (κ2) is 11.9. The monoisotopic (exact) mass is 684 g/mol. The first-order chi connectivity index (χ1) is 38.6. The SMILES string of the molecule is [2H]c1c([2H])c([2H])c(-c2c([2H])c([2H])c(N(c3c([2H])c([2H])c([2H])c([2H])c3[2H])c3c([2H])c(-c4c([2H])c([2H])c([2H])c([2H])c4-n4c5c([2H])c([2H])c([2H])c([2H])c5c5c([2H])c([2H])c([2H])c([2H])c54)c4oc5c([2H])c([2H])c([2H])c([2H])c5c4c3[2H])c([2H])c2[2H])c([2H])c1[2H]. The van der Waals surface area contributed by atoms with Gasteiger partial charge in [0.2, 0.25) is 0 Å². The third-order valence-corrected chi connectivity index (χ3v) is 7.74. The second-order valence-corrected chi connectivity index (χ2v) is 10.5. The Labute approximate surface area is 340 Å². The highest BCUT2D eigenvalue weighted by Gasteiger charge is 2.22. The van der Waals surface area contributed by atoms with Gasteiger partial charge in [0.1, 0.15) is 11.2 Å². The summed E-state index contributed by atoms with van der Waals surface area (Å²) >= 11 is 0. The molecule has 2 aromatic heterocycles. The Morgan fingerprint density at radius 2 is 0.961 bits per heavy atom. The summed E-state index contributed by atoms with van der Waals surface area (Å²) in [7, 11) is 0. The first-order valence-corrected chi connectivity index (χ1v) is 14.7. The van der Waals surface area contributed by atoms with Crippen LogP contribution in [0, 0.1) is 0 Å². The van der Waals surface area contributed by atoms with Crippen molar-refractivity contribution in [3.05, 3.63) is 193 Å². The Morgan fingerprint density at radius 1 is 0.412 bits per heavy atom. The van der Waals surface area contributed by atoms with Crippen molar-refractivity contribution >= 4 is 60.8 Å². The zero-order valence-electron chi connectivity index (χ0n) is 57.3. The number of benzene rings is 8. The average molecular weight is 685 g/mol. The Hall–Kier alpha value is -6.84. The number of hydrogen-bond acceptors (Lipinski definition) is 2. The maximum atomic E-state index is 10.4. The van der Waals surface area contributed by atoms with Crippen molar-refractivity contribution in [1.82, 2.24) is 4.57 Å². The van der Waals surface area contributed by atoms with E-state index in [2.05, 4.69) is 0 Å². The molecule has 0 radical (unpaired) electrons. The van der Waals surface area contributed by atoms with E-state index < -0.39 is 282 Å².